The van der Waals surface area contributed by atoms with Gasteiger partial charge in [0.05, 0.1) is 11.1 Å². The lowest BCUT2D eigenvalue weighted by atomic mass is 9.70. The van der Waals surface area contributed by atoms with Crippen molar-refractivity contribution in [1.82, 2.24) is 0 Å². The molecule has 0 atom stereocenters. The summed E-state index contributed by atoms with van der Waals surface area (Å²) in [7, 11) is 0. The molecule has 1 spiro atoms. The van der Waals surface area contributed by atoms with Crippen molar-refractivity contribution in [2.75, 3.05) is 4.90 Å². The monoisotopic (exact) mass is 827 g/mol. The van der Waals surface area contributed by atoms with E-state index in [0.717, 1.165) is 17.1 Å². The van der Waals surface area contributed by atoms with Gasteiger partial charge >= 0.3 is 0 Å². The molecule has 65 heavy (non-hydrogen) atoms. The lowest BCUT2D eigenvalue weighted by Crippen LogP contribution is -2.26. The van der Waals surface area contributed by atoms with Gasteiger partial charge in [-0.2, -0.15) is 0 Å². The predicted molar refractivity (Wildman–Crippen MR) is 271 cm³/mol. The third-order valence-electron chi connectivity index (χ3n) is 14.7. The molecule has 0 heterocycles. The molecule has 0 aliphatic heterocycles. The van der Waals surface area contributed by atoms with Gasteiger partial charge in [0, 0.05) is 22.4 Å². The summed E-state index contributed by atoms with van der Waals surface area (Å²) in [5, 5.41) is 0. The Kier molecular flexibility index (Phi) is 8.24. The Balaban J connectivity index is 1.07. The first-order valence-corrected chi connectivity index (χ1v) is 22.8. The molecular weight excluding hydrogens is 783 g/mol. The minimum Gasteiger partial charge on any atom is -0.310 e. The van der Waals surface area contributed by atoms with Gasteiger partial charge in [0.1, 0.15) is 0 Å². The molecule has 306 valence electrons. The van der Waals surface area contributed by atoms with E-state index >= 15 is 0 Å². The average Bonchev–Trinajstić information content (AvgIpc) is 3.92. The standard InChI is InChI=1S/C64H45N/c1-63(2)56-27-15-12-25-50(56)52-36-32-48(41-59(52)63)65(62-29-17-14-24-49(62)44-22-10-5-11-23-44)47-33-37-58-55(40-47)51-26-13-16-28-57(51)64(58)60-38-45(42-18-6-3-7-19-42)30-34-53(60)54-35-31-46(39-61(54)64)43-20-8-4-9-21-43/h3-41H,1-2H3. The van der Waals surface area contributed by atoms with Crippen molar-refractivity contribution in [3.05, 3.63) is 270 Å². The van der Waals surface area contributed by atoms with Crippen molar-refractivity contribution in [2.24, 2.45) is 0 Å². The van der Waals surface area contributed by atoms with Crippen molar-refractivity contribution < 1.29 is 0 Å². The highest BCUT2D eigenvalue weighted by atomic mass is 15.1. The molecule has 0 fully saturated rings. The van der Waals surface area contributed by atoms with Crippen molar-refractivity contribution in [3.8, 4) is 66.8 Å². The molecule has 0 saturated heterocycles. The van der Waals surface area contributed by atoms with Crippen LogP contribution in [0.2, 0.25) is 0 Å². The Morgan fingerprint density at radius 3 is 1.32 bits per heavy atom. The van der Waals surface area contributed by atoms with Gasteiger partial charge in [0.2, 0.25) is 0 Å². The molecule has 13 rings (SSSR count). The average molecular weight is 828 g/mol. The van der Waals surface area contributed by atoms with Crippen LogP contribution in [0.1, 0.15) is 47.2 Å². The van der Waals surface area contributed by atoms with E-state index in [2.05, 4.69) is 255 Å². The third-order valence-corrected chi connectivity index (χ3v) is 14.7. The molecular formula is C64H45N. The fourth-order valence-corrected chi connectivity index (χ4v) is 11.7. The van der Waals surface area contributed by atoms with E-state index in [1.807, 2.05) is 0 Å². The van der Waals surface area contributed by atoms with Crippen LogP contribution in [0, 0.1) is 0 Å². The van der Waals surface area contributed by atoms with Gasteiger partial charge < -0.3 is 4.90 Å². The number of fused-ring (bicyclic) bond motifs is 13. The molecule has 0 N–H and O–H groups in total. The third kappa shape index (κ3) is 5.46. The first-order chi connectivity index (χ1) is 32.0. The first kappa shape index (κ1) is 37.5. The van der Waals surface area contributed by atoms with Crippen LogP contribution in [-0.2, 0) is 10.8 Å². The molecule has 1 heteroatoms. The summed E-state index contributed by atoms with van der Waals surface area (Å²) in [6.45, 7) is 4.75. The maximum absolute atomic E-state index is 2.51. The predicted octanol–water partition coefficient (Wildman–Crippen LogP) is 16.8. The molecule has 0 aromatic heterocycles. The SMILES string of the molecule is CC1(C)c2ccccc2-c2ccc(N(c3ccc4c(c3)-c3ccccc3C43c4cc(-c5ccccc5)ccc4-c4ccc(-c5ccccc5)cc43)c3ccccc3-c3ccccc3)cc21. The fraction of sp³-hybridized carbons (Fsp3) is 0.0625. The molecule has 0 radical (unpaired) electrons. The van der Waals surface area contributed by atoms with Gasteiger partial charge in [-0.25, -0.2) is 0 Å². The second kappa shape index (κ2) is 14.3. The number of anilines is 3. The second-order valence-electron chi connectivity index (χ2n) is 18.4. The van der Waals surface area contributed by atoms with Crippen LogP contribution in [-0.4, -0.2) is 0 Å². The summed E-state index contributed by atoms with van der Waals surface area (Å²) in [4.78, 5) is 2.51. The van der Waals surface area contributed by atoms with Crippen LogP contribution in [0.15, 0.2) is 237 Å². The van der Waals surface area contributed by atoms with Crippen LogP contribution >= 0.6 is 0 Å². The molecule has 0 saturated carbocycles. The minimum absolute atomic E-state index is 0.143. The van der Waals surface area contributed by atoms with Gasteiger partial charge in [-0.05, 0) is 137 Å². The van der Waals surface area contributed by atoms with Crippen LogP contribution in [0.4, 0.5) is 17.1 Å². The van der Waals surface area contributed by atoms with Gasteiger partial charge in [-0.15, -0.1) is 0 Å². The molecule has 0 bridgehead atoms. The summed E-state index contributed by atoms with van der Waals surface area (Å²) >= 11 is 0. The van der Waals surface area contributed by atoms with Crippen molar-refractivity contribution in [1.29, 1.82) is 0 Å². The number of hydrogen-bond donors (Lipinski definition) is 0. The van der Waals surface area contributed by atoms with E-state index in [1.165, 1.54) is 100 Å². The van der Waals surface area contributed by atoms with Crippen molar-refractivity contribution in [2.45, 2.75) is 24.7 Å². The molecule has 3 aliphatic rings. The summed E-state index contributed by atoms with van der Waals surface area (Å²) in [5.74, 6) is 0. The Bertz CT molecular complexity index is 3420. The second-order valence-corrected chi connectivity index (χ2v) is 18.4. The fourth-order valence-electron chi connectivity index (χ4n) is 11.7. The minimum atomic E-state index is -0.527. The van der Waals surface area contributed by atoms with Crippen LogP contribution in [0.5, 0.6) is 0 Å². The van der Waals surface area contributed by atoms with Crippen LogP contribution in [0.25, 0.3) is 66.8 Å². The summed E-state index contributed by atoms with van der Waals surface area (Å²) in [5.41, 5.74) is 25.9. The molecule has 0 amide bonds. The molecule has 3 aliphatic carbocycles. The van der Waals surface area contributed by atoms with E-state index < -0.39 is 5.41 Å². The number of benzene rings is 10. The number of hydrogen-bond acceptors (Lipinski definition) is 1. The number of nitrogens with zero attached hydrogens (tertiary/aromatic N) is 1. The topological polar surface area (TPSA) is 3.24 Å². The lowest BCUT2D eigenvalue weighted by molar-refractivity contribution is 0.660. The number of para-hydroxylation sites is 1. The van der Waals surface area contributed by atoms with Crippen molar-refractivity contribution >= 4 is 17.1 Å². The molecule has 10 aromatic carbocycles. The Hall–Kier alpha value is -8.00. The highest BCUT2D eigenvalue weighted by Gasteiger charge is 2.52. The zero-order valence-electron chi connectivity index (χ0n) is 36.5. The highest BCUT2D eigenvalue weighted by Crippen LogP contribution is 2.64. The molecule has 10 aromatic rings. The maximum atomic E-state index is 2.51. The van der Waals surface area contributed by atoms with Crippen molar-refractivity contribution in [3.63, 3.8) is 0 Å². The van der Waals surface area contributed by atoms with Crippen LogP contribution in [0.3, 0.4) is 0 Å². The van der Waals surface area contributed by atoms with Crippen LogP contribution < -0.4 is 4.90 Å². The summed E-state index contributed by atoms with van der Waals surface area (Å²) < 4.78 is 0. The molecule has 0 unspecified atom stereocenters. The Labute approximate surface area is 381 Å². The first-order valence-electron chi connectivity index (χ1n) is 22.8. The Morgan fingerprint density at radius 2 is 0.692 bits per heavy atom. The van der Waals surface area contributed by atoms with Gasteiger partial charge in [0.25, 0.3) is 0 Å². The van der Waals surface area contributed by atoms with E-state index in [-0.39, 0.29) is 5.41 Å². The zero-order valence-corrected chi connectivity index (χ0v) is 36.5. The van der Waals surface area contributed by atoms with E-state index in [0.29, 0.717) is 0 Å². The van der Waals surface area contributed by atoms with Gasteiger partial charge in [-0.3, -0.25) is 0 Å². The number of rotatable bonds is 6. The highest BCUT2D eigenvalue weighted by molar-refractivity contribution is 5.99. The molecule has 1 nitrogen and oxygen atoms in total. The normalized spacial score (nSPS) is 13.9. The van der Waals surface area contributed by atoms with E-state index in [4.69, 9.17) is 0 Å². The summed E-state index contributed by atoms with van der Waals surface area (Å²) in [6, 6.07) is 88.4. The lowest BCUT2D eigenvalue weighted by Gasteiger charge is -2.32. The zero-order chi connectivity index (χ0) is 43.3. The van der Waals surface area contributed by atoms with E-state index in [9.17, 15) is 0 Å². The largest absolute Gasteiger partial charge is 0.310 e. The van der Waals surface area contributed by atoms with Gasteiger partial charge in [-0.1, -0.05) is 208 Å². The van der Waals surface area contributed by atoms with Gasteiger partial charge in [0.15, 0.2) is 0 Å². The maximum Gasteiger partial charge on any atom is 0.0725 e. The summed E-state index contributed by atoms with van der Waals surface area (Å²) in [6.07, 6.45) is 0. The smallest absolute Gasteiger partial charge is 0.0725 e. The Morgan fingerprint density at radius 1 is 0.262 bits per heavy atom. The van der Waals surface area contributed by atoms with E-state index in [1.54, 1.807) is 0 Å². The quantitative estimate of drug-likeness (QED) is 0.161.